The van der Waals surface area contributed by atoms with Crippen LogP contribution in [-0.2, 0) is 14.4 Å². The number of nitrogens with zero attached hydrogens (tertiary/aromatic N) is 1. The molecule has 0 bridgehead atoms. The van der Waals surface area contributed by atoms with Crippen molar-refractivity contribution in [2.75, 3.05) is 14.2 Å². The van der Waals surface area contributed by atoms with Gasteiger partial charge in [-0.1, -0.05) is 0 Å². The first-order valence-electron chi connectivity index (χ1n) is 5.79. The number of hydrogen-bond donors (Lipinski definition) is 1. The first kappa shape index (κ1) is 13.8. The van der Waals surface area contributed by atoms with Crippen molar-refractivity contribution in [3.8, 4) is 0 Å². The highest BCUT2D eigenvalue weighted by Crippen LogP contribution is 2.28. The first-order chi connectivity index (χ1) is 8.02. The van der Waals surface area contributed by atoms with Gasteiger partial charge in [-0.05, 0) is 31.6 Å². The second-order valence-corrected chi connectivity index (χ2v) is 4.36. The Morgan fingerprint density at radius 2 is 1.88 bits per heavy atom. The molecule has 0 aromatic heterocycles. The zero-order chi connectivity index (χ0) is 12.8. The van der Waals surface area contributed by atoms with Crippen LogP contribution < -0.4 is 5.73 Å². The molecule has 0 atom stereocenters. The van der Waals surface area contributed by atoms with Crippen molar-refractivity contribution in [1.82, 2.24) is 5.06 Å². The van der Waals surface area contributed by atoms with E-state index in [1.165, 1.54) is 12.2 Å². The maximum Gasteiger partial charge on any atom is 0.404 e. The Morgan fingerprint density at radius 3 is 2.35 bits per heavy atom. The van der Waals surface area contributed by atoms with Gasteiger partial charge in [-0.15, -0.1) is 0 Å². The highest BCUT2D eigenvalue weighted by atomic mass is 16.7. The summed E-state index contributed by atoms with van der Waals surface area (Å²) < 4.78 is 4.93. The lowest BCUT2D eigenvalue weighted by Crippen LogP contribution is -2.31. The number of nitrogens with two attached hydrogens (primary N) is 1. The quantitative estimate of drug-likeness (QED) is 0.749. The fourth-order valence-electron chi connectivity index (χ4n) is 2.10. The van der Waals surface area contributed by atoms with Crippen molar-refractivity contribution in [2.24, 2.45) is 11.7 Å². The summed E-state index contributed by atoms with van der Waals surface area (Å²) in [6.07, 6.45) is 2.98. The van der Waals surface area contributed by atoms with Crippen molar-refractivity contribution in [3.63, 3.8) is 0 Å². The van der Waals surface area contributed by atoms with E-state index in [2.05, 4.69) is 0 Å². The van der Waals surface area contributed by atoms with Crippen LogP contribution in [0.5, 0.6) is 0 Å². The summed E-state index contributed by atoms with van der Waals surface area (Å²) in [6, 6.07) is 0. The third kappa shape index (κ3) is 4.60. The summed E-state index contributed by atoms with van der Waals surface area (Å²) >= 11 is 0. The number of carbonyl (C=O) groups is 2. The van der Waals surface area contributed by atoms with E-state index in [1.54, 1.807) is 7.05 Å². The molecule has 0 aromatic carbocycles. The lowest BCUT2D eigenvalue weighted by Gasteiger charge is -2.28. The third-order valence-electron chi connectivity index (χ3n) is 3.16. The fourth-order valence-corrected chi connectivity index (χ4v) is 2.10. The molecule has 0 saturated heterocycles. The normalized spacial score (nSPS) is 24.1. The second kappa shape index (κ2) is 6.44. The molecule has 1 aliphatic rings. The molecule has 2 amide bonds. The first-order valence-corrected chi connectivity index (χ1v) is 5.79. The molecular weight excluding hydrogens is 224 g/mol. The molecule has 17 heavy (non-hydrogen) atoms. The summed E-state index contributed by atoms with van der Waals surface area (Å²) in [5.41, 5.74) is 4.96. The van der Waals surface area contributed by atoms with Gasteiger partial charge in [0.1, 0.15) is 6.10 Å². The summed E-state index contributed by atoms with van der Waals surface area (Å²) in [5, 5.41) is 1.24. The third-order valence-corrected chi connectivity index (χ3v) is 3.16. The van der Waals surface area contributed by atoms with Gasteiger partial charge in [0.15, 0.2) is 0 Å². The number of hydroxylamine groups is 2. The van der Waals surface area contributed by atoms with E-state index in [0.29, 0.717) is 12.3 Å². The predicted molar refractivity (Wildman–Crippen MR) is 60.8 cm³/mol. The molecule has 98 valence electrons. The molecule has 0 aliphatic heterocycles. The molecule has 1 rings (SSSR count). The van der Waals surface area contributed by atoms with E-state index in [9.17, 15) is 9.59 Å². The lowest BCUT2D eigenvalue weighted by atomic mass is 9.85. The minimum absolute atomic E-state index is 0.0215. The van der Waals surface area contributed by atoms with Crippen molar-refractivity contribution in [3.05, 3.63) is 0 Å². The summed E-state index contributed by atoms with van der Waals surface area (Å²) in [5.74, 6) is 0.319. The average Bonchev–Trinajstić information content (AvgIpc) is 2.30. The number of primary amides is 1. The second-order valence-electron chi connectivity index (χ2n) is 4.36. The molecule has 0 radical (unpaired) electrons. The van der Waals surface area contributed by atoms with Gasteiger partial charge in [0, 0.05) is 13.5 Å². The largest absolute Gasteiger partial charge is 0.446 e. The van der Waals surface area contributed by atoms with Crippen molar-refractivity contribution >= 4 is 12.0 Å². The van der Waals surface area contributed by atoms with Crippen LogP contribution in [0.2, 0.25) is 0 Å². The highest BCUT2D eigenvalue weighted by Gasteiger charge is 2.25. The van der Waals surface area contributed by atoms with E-state index in [-0.39, 0.29) is 12.0 Å². The molecule has 1 fully saturated rings. The summed E-state index contributed by atoms with van der Waals surface area (Å²) in [7, 11) is 3.07. The SMILES string of the molecule is CON(C)C(=O)C[C@H]1CC[C@H](OC(N)=O)CC1. The minimum Gasteiger partial charge on any atom is -0.446 e. The Balaban J connectivity index is 2.27. The van der Waals surface area contributed by atoms with Crippen LogP contribution in [0.4, 0.5) is 4.79 Å². The minimum atomic E-state index is -0.719. The Kier molecular flexibility index (Phi) is 5.21. The maximum absolute atomic E-state index is 11.6. The molecule has 0 heterocycles. The van der Waals surface area contributed by atoms with Crippen LogP contribution in [-0.4, -0.2) is 37.3 Å². The van der Waals surface area contributed by atoms with Crippen LogP contribution in [0, 0.1) is 5.92 Å². The molecule has 6 heteroatoms. The van der Waals surface area contributed by atoms with Crippen molar-refractivity contribution < 1.29 is 19.2 Å². The van der Waals surface area contributed by atoms with Crippen molar-refractivity contribution in [1.29, 1.82) is 0 Å². The molecular formula is C11H20N2O4. The van der Waals surface area contributed by atoms with Gasteiger partial charge >= 0.3 is 6.09 Å². The number of rotatable bonds is 4. The number of hydrogen-bond acceptors (Lipinski definition) is 4. The van der Waals surface area contributed by atoms with Gasteiger partial charge in [0.05, 0.1) is 7.11 Å². The standard InChI is InChI=1S/C11H20N2O4/c1-13(16-2)10(14)7-8-3-5-9(6-4-8)17-11(12)15/h8-9H,3-7H2,1-2H3,(H2,12,15)/t8-,9-. The van der Waals surface area contributed by atoms with Gasteiger partial charge in [0.25, 0.3) is 0 Å². The molecule has 1 aliphatic carbocycles. The Labute approximate surface area is 101 Å². The predicted octanol–water partition coefficient (Wildman–Crippen LogP) is 1.05. The summed E-state index contributed by atoms with van der Waals surface area (Å²) in [4.78, 5) is 27.0. The average molecular weight is 244 g/mol. The van der Waals surface area contributed by atoms with Gasteiger partial charge in [-0.25, -0.2) is 9.86 Å². The van der Waals surface area contributed by atoms with E-state index < -0.39 is 6.09 Å². The topological polar surface area (TPSA) is 81.9 Å². The van der Waals surface area contributed by atoms with Gasteiger partial charge in [0.2, 0.25) is 5.91 Å². The van der Waals surface area contributed by atoms with Crippen molar-refractivity contribution in [2.45, 2.75) is 38.2 Å². The van der Waals surface area contributed by atoms with Crippen LogP contribution in [0.1, 0.15) is 32.1 Å². The zero-order valence-electron chi connectivity index (χ0n) is 10.3. The van der Waals surface area contributed by atoms with E-state index >= 15 is 0 Å². The maximum atomic E-state index is 11.6. The van der Waals surface area contributed by atoms with Crippen LogP contribution in [0.25, 0.3) is 0 Å². The Morgan fingerprint density at radius 1 is 1.29 bits per heavy atom. The smallest absolute Gasteiger partial charge is 0.404 e. The van der Waals surface area contributed by atoms with E-state index in [4.69, 9.17) is 15.3 Å². The number of ether oxygens (including phenoxy) is 1. The monoisotopic (exact) mass is 244 g/mol. The zero-order valence-corrected chi connectivity index (χ0v) is 10.3. The molecule has 2 N–H and O–H groups in total. The van der Waals surface area contributed by atoms with Crippen LogP contribution >= 0.6 is 0 Å². The highest BCUT2D eigenvalue weighted by molar-refractivity contribution is 5.75. The summed E-state index contributed by atoms with van der Waals surface area (Å²) in [6.45, 7) is 0. The molecule has 0 spiro atoms. The fraction of sp³-hybridized carbons (Fsp3) is 0.818. The van der Waals surface area contributed by atoms with Gasteiger partial charge in [-0.2, -0.15) is 0 Å². The molecule has 0 aromatic rings. The van der Waals surface area contributed by atoms with Crippen LogP contribution in [0.15, 0.2) is 0 Å². The van der Waals surface area contributed by atoms with Crippen LogP contribution in [0.3, 0.4) is 0 Å². The van der Waals surface area contributed by atoms with Gasteiger partial charge in [-0.3, -0.25) is 9.63 Å². The lowest BCUT2D eigenvalue weighted by molar-refractivity contribution is -0.170. The number of carbonyl (C=O) groups excluding carboxylic acids is 2. The molecule has 6 nitrogen and oxygen atoms in total. The number of amides is 2. The Hall–Kier alpha value is -1.30. The van der Waals surface area contributed by atoms with Gasteiger partial charge < -0.3 is 10.5 Å². The van der Waals surface area contributed by atoms with E-state index in [1.807, 2.05) is 0 Å². The molecule has 1 saturated carbocycles. The molecule has 0 unspecified atom stereocenters. The Bertz CT molecular complexity index is 275. The van der Waals surface area contributed by atoms with E-state index in [0.717, 1.165) is 25.7 Å².